The van der Waals surface area contributed by atoms with E-state index >= 15 is 0 Å². The molecular formula is C14H21FO3. The molecule has 1 aromatic carbocycles. The van der Waals surface area contributed by atoms with Crippen LogP contribution in [0.15, 0.2) is 18.2 Å². The van der Waals surface area contributed by atoms with Gasteiger partial charge in [-0.25, -0.2) is 4.39 Å². The molecule has 4 heteroatoms. The summed E-state index contributed by atoms with van der Waals surface area (Å²) in [6.07, 6.45) is -0.687. The Kier molecular flexibility index (Phi) is 5.56. The smallest absolute Gasteiger partial charge is 0.123 e. The highest BCUT2D eigenvalue weighted by atomic mass is 19.1. The van der Waals surface area contributed by atoms with Gasteiger partial charge in [-0.15, -0.1) is 0 Å². The molecule has 102 valence electrons. The van der Waals surface area contributed by atoms with Crippen LogP contribution in [0.3, 0.4) is 0 Å². The van der Waals surface area contributed by atoms with Crippen LogP contribution in [0, 0.1) is 5.82 Å². The lowest BCUT2D eigenvalue weighted by atomic mass is 9.92. The molecule has 0 heterocycles. The normalized spacial score (nSPS) is 16.1. The molecule has 0 radical (unpaired) electrons. The Labute approximate surface area is 107 Å². The lowest BCUT2D eigenvalue weighted by molar-refractivity contribution is 0.00942. The molecule has 1 aromatic rings. The van der Waals surface area contributed by atoms with Crippen LogP contribution in [0.1, 0.15) is 38.2 Å². The Morgan fingerprint density at radius 1 is 1.28 bits per heavy atom. The molecule has 1 rings (SSSR count). The van der Waals surface area contributed by atoms with E-state index in [0.717, 1.165) is 0 Å². The largest absolute Gasteiger partial charge is 0.496 e. The van der Waals surface area contributed by atoms with Gasteiger partial charge >= 0.3 is 0 Å². The van der Waals surface area contributed by atoms with Crippen LogP contribution in [0.2, 0.25) is 0 Å². The number of ether oxygens (including phenoxy) is 1. The number of hydrogen-bond acceptors (Lipinski definition) is 3. The van der Waals surface area contributed by atoms with Crippen LogP contribution in [-0.4, -0.2) is 29.5 Å². The van der Waals surface area contributed by atoms with Gasteiger partial charge < -0.3 is 14.9 Å². The zero-order valence-electron chi connectivity index (χ0n) is 11.1. The third-order valence-electron chi connectivity index (χ3n) is 3.18. The van der Waals surface area contributed by atoms with Gasteiger partial charge in [-0.1, -0.05) is 13.8 Å². The zero-order valence-corrected chi connectivity index (χ0v) is 11.1. The molecule has 0 aliphatic heterocycles. The molecule has 2 N–H and O–H groups in total. The van der Waals surface area contributed by atoms with Gasteiger partial charge in [0.15, 0.2) is 0 Å². The maximum atomic E-state index is 13.2. The van der Waals surface area contributed by atoms with Gasteiger partial charge in [0.25, 0.3) is 0 Å². The molecule has 0 aromatic heterocycles. The lowest BCUT2D eigenvalue weighted by Gasteiger charge is -2.21. The molecule has 0 saturated carbocycles. The number of aliphatic hydroxyl groups excluding tert-OH is 2. The Morgan fingerprint density at radius 3 is 2.50 bits per heavy atom. The van der Waals surface area contributed by atoms with Crippen molar-refractivity contribution in [3.05, 3.63) is 29.6 Å². The summed E-state index contributed by atoms with van der Waals surface area (Å²) >= 11 is 0. The van der Waals surface area contributed by atoms with Crippen molar-refractivity contribution in [1.29, 1.82) is 0 Å². The predicted molar refractivity (Wildman–Crippen MR) is 68.3 cm³/mol. The van der Waals surface area contributed by atoms with Crippen molar-refractivity contribution in [2.75, 3.05) is 7.11 Å². The minimum atomic E-state index is -0.807. The van der Waals surface area contributed by atoms with Crippen LogP contribution < -0.4 is 4.74 Å². The summed E-state index contributed by atoms with van der Waals surface area (Å²) in [4.78, 5) is 0. The molecule has 3 nitrogen and oxygen atoms in total. The van der Waals surface area contributed by atoms with Crippen molar-refractivity contribution in [2.24, 2.45) is 0 Å². The number of methoxy groups -OCH3 is 1. The van der Waals surface area contributed by atoms with Crippen molar-refractivity contribution in [3.8, 4) is 5.75 Å². The molecule has 0 amide bonds. The Bertz CT molecular complexity index is 381. The minimum absolute atomic E-state index is 0.0909. The van der Waals surface area contributed by atoms with E-state index in [2.05, 4.69) is 0 Å². The molecule has 0 bridgehead atoms. The molecule has 0 spiro atoms. The summed E-state index contributed by atoms with van der Waals surface area (Å²) in [7, 11) is 1.53. The quantitative estimate of drug-likeness (QED) is 0.822. The standard InChI is InChI=1S/C14H21FO3/c1-4-12(16)13(17)7-9(2)11-8-10(15)5-6-14(11)18-3/h5-6,8-9,12-13,16-17H,4,7H2,1-3H3. The molecular weight excluding hydrogens is 235 g/mol. The molecule has 0 saturated heterocycles. The second-order valence-electron chi connectivity index (χ2n) is 4.57. The predicted octanol–water partition coefficient (Wildman–Crippen LogP) is 2.46. The summed E-state index contributed by atoms with van der Waals surface area (Å²) in [5, 5.41) is 19.3. The van der Waals surface area contributed by atoms with E-state index in [1.54, 1.807) is 13.0 Å². The van der Waals surface area contributed by atoms with Gasteiger partial charge in [0.2, 0.25) is 0 Å². The monoisotopic (exact) mass is 256 g/mol. The van der Waals surface area contributed by atoms with Gasteiger partial charge in [0, 0.05) is 0 Å². The average Bonchev–Trinajstić information content (AvgIpc) is 2.37. The summed E-state index contributed by atoms with van der Waals surface area (Å²) in [5.74, 6) is 0.178. The number of aliphatic hydroxyl groups is 2. The van der Waals surface area contributed by atoms with Crippen molar-refractivity contribution in [2.45, 2.75) is 44.8 Å². The molecule has 18 heavy (non-hydrogen) atoms. The van der Waals surface area contributed by atoms with Crippen LogP contribution >= 0.6 is 0 Å². The van der Waals surface area contributed by atoms with E-state index in [4.69, 9.17) is 4.74 Å². The first-order valence-corrected chi connectivity index (χ1v) is 6.19. The Balaban J connectivity index is 2.83. The Morgan fingerprint density at radius 2 is 1.94 bits per heavy atom. The van der Waals surface area contributed by atoms with E-state index in [1.807, 2.05) is 6.92 Å². The number of hydrogen-bond donors (Lipinski definition) is 2. The van der Waals surface area contributed by atoms with Crippen molar-refractivity contribution < 1.29 is 19.3 Å². The lowest BCUT2D eigenvalue weighted by Crippen LogP contribution is -2.26. The fraction of sp³-hybridized carbons (Fsp3) is 0.571. The molecule has 0 aliphatic rings. The van der Waals surface area contributed by atoms with Gasteiger partial charge in [-0.3, -0.25) is 0 Å². The highest BCUT2D eigenvalue weighted by Gasteiger charge is 2.20. The highest BCUT2D eigenvalue weighted by Crippen LogP contribution is 2.30. The van der Waals surface area contributed by atoms with Crippen LogP contribution in [0.4, 0.5) is 4.39 Å². The summed E-state index contributed by atoms with van der Waals surface area (Å²) in [6, 6.07) is 4.32. The van der Waals surface area contributed by atoms with Crippen LogP contribution in [0.5, 0.6) is 5.75 Å². The molecule has 0 aliphatic carbocycles. The first-order chi connectivity index (χ1) is 8.49. The maximum Gasteiger partial charge on any atom is 0.123 e. The SMILES string of the molecule is CCC(O)C(O)CC(C)c1cc(F)ccc1OC. The average molecular weight is 256 g/mol. The fourth-order valence-electron chi connectivity index (χ4n) is 2.01. The molecule has 3 unspecified atom stereocenters. The van der Waals surface area contributed by atoms with Gasteiger partial charge in [-0.05, 0) is 42.5 Å². The topological polar surface area (TPSA) is 49.7 Å². The maximum absolute atomic E-state index is 13.2. The number of rotatable bonds is 6. The highest BCUT2D eigenvalue weighted by molar-refractivity contribution is 5.36. The van der Waals surface area contributed by atoms with Crippen molar-refractivity contribution in [1.82, 2.24) is 0 Å². The van der Waals surface area contributed by atoms with Crippen LogP contribution in [0.25, 0.3) is 0 Å². The number of halogens is 1. The minimum Gasteiger partial charge on any atom is -0.496 e. The second-order valence-corrected chi connectivity index (χ2v) is 4.57. The fourth-order valence-corrected chi connectivity index (χ4v) is 2.01. The molecule has 3 atom stereocenters. The summed E-state index contributed by atoms with van der Waals surface area (Å²) in [6.45, 7) is 3.68. The summed E-state index contributed by atoms with van der Waals surface area (Å²) in [5.41, 5.74) is 0.708. The van der Waals surface area contributed by atoms with Gasteiger partial charge in [0.05, 0.1) is 19.3 Å². The first-order valence-electron chi connectivity index (χ1n) is 6.19. The van der Waals surface area contributed by atoms with E-state index < -0.39 is 12.2 Å². The van der Waals surface area contributed by atoms with E-state index in [0.29, 0.717) is 24.2 Å². The first kappa shape index (κ1) is 14.9. The van der Waals surface area contributed by atoms with E-state index in [1.165, 1.54) is 19.2 Å². The van der Waals surface area contributed by atoms with E-state index in [-0.39, 0.29) is 11.7 Å². The third-order valence-corrected chi connectivity index (χ3v) is 3.18. The van der Waals surface area contributed by atoms with E-state index in [9.17, 15) is 14.6 Å². The van der Waals surface area contributed by atoms with Crippen molar-refractivity contribution in [3.63, 3.8) is 0 Å². The second kappa shape index (κ2) is 6.71. The third kappa shape index (κ3) is 3.68. The van der Waals surface area contributed by atoms with Gasteiger partial charge in [0.1, 0.15) is 11.6 Å². The van der Waals surface area contributed by atoms with Crippen molar-refractivity contribution >= 4 is 0 Å². The van der Waals surface area contributed by atoms with Crippen LogP contribution in [-0.2, 0) is 0 Å². The Hall–Kier alpha value is -1.13. The summed E-state index contributed by atoms with van der Waals surface area (Å²) < 4.78 is 18.4. The molecule has 0 fully saturated rings. The van der Waals surface area contributed by atoms with Gasteiger partial charge in [-0.2, -0.15) is 0 Å². The zero-order chi connectivity index (χ0) is 13.7. The number of benzene rings is 1.